The van der Waals surface area contributed by atoms with E-state index in [1.165, 1.54) is 0 Å². The van der Waals surface area contributed by atoms with Gasteiger partial charge in [-0.3, -0.25) is 0 Å². The van der Waals surface area contributed by atoms with Crippen LogP contribution in [0.1, 0.15) is 13.8 Å². The van der Waals surface area contributed by atoms with Crippen LogP contribution in [0.15, 0.2) is 0 Å². The molecule has 0 aromatic carbocycles. The Labute approximate surface area is 62.6 Å². The van der Waals surface area contributed by atoms with E-state index >= 15 is 0 Å². The maximum Gasteiger partial charge on any atom is 0.125 e. The summed E-state index contributed by atoms with van der Waals surface area (Å²) in [6.07, 6.45) is 0.695. The Morgan fingerprint density at radius 2 is 2.10 bits per heavy atom. The molecule has 0 amide bonds. The summed E-state index contributed by atoms with van der Waals surface area (Å²) in [5.41, 5.74) is 0. The molecular weight excluding hydrogens is 128 g/mol. The van der Waals surface area contributed by atoms with E-state index in [-0.39, 0.29) is 0 Å². The minimum Gasteiger partial charge on any atom is -0.380 e. The van der Waals surface area contributed by atoms with E-state index in [1.807, 2.05) is 13.8 Å². The molecule has 0 saturated heterocycles. The molecule has 0 spiro atoms. The highest BCUT2D eigenvalue weighted by atomic mass is 16.5. The Morgan fingerprint density at radius 1 is 1.50 bits per heavy atom. The van der Waals surface area contributed by atoms with E-state index in [1.54, 1.807) is 0 Å². The van der Waals surface area contributed by atoms with Crippen molar-refractivity contribution >= 4 is 6.29 Å². The summed E-state index contributed by atoms with van der Waals surface area (Å²) >= 11 is 0. The second-order valence-electron chi connectivity index (χ2n) is 2.73. The topological polar surface area (TPSA) is 26.3 Å². The smallest absolute Gasteiger partial charge is 0.125 e. The highest BCUT2D eigenvalue weighted by Gasteiger charge is 1.99. The van der Waals surface area contributed by atoms with Crippen LogP contribution in [0.4, 0.5) is 0 Å². The number of carbonyl (C=O) groups excluding carboxylic acids is 1. The first kappa shape index (κ1) is 9.63. The Balaban J connectivity index is 3.11. The van der Waals surface area contributed by atoms with Gasteiger partial charge in [-0.2, -0.15) is 0 Å². The van der Waals surface area contributed by atoms with Crippen LogP contribution in [0.5, 0.6) is 0 Å². The van der Waals surface area contributed by atoms with Crippen LogP contribution < -0.4 is 0 Å². The lowest BCUT2D eigenvalue weighted by Crippen LogP contribution is -2.10. The van der Waals surface area contributed by atoms with E-state index in [0.717, 1.165) is 0 Å². The number of aldehydes is 1. The Kier molecular flexibility index (Phi) is 5.22. The fourth-order valence-corrected chi connectivity index (χ4v) is 0.479. The summed E-state index contributed by atoms with van der Waals surface area (Å²) in [7, 11) is 0. The molecular formula is C8H14O2. The number of ether oxygens (including phenoxy) is 1. The summed E-state index contributed by atoms with van der Waals surface area (Å²) in [6, 6.07) is 0. The molecule has 10 heavy (non-hydrogen) atoms. The SMILES string of the molecule is [CH][C@H](C=O)COCC(C)C. The molecule has 2 radical (unpaired) electrons. The molecule has 0 aromatic rings. The molecule has 0 aromatic heterocycles. The highest BCUT2D eigenvalue weighted by molar-refractivity contribution is 5.54. The van der Waals surface area contributed by atoms with E-state index in [0.29, 0.717) is 25.4 Å². The Morgan fingerprint density at radius 3 is 2.50 bits per heavy atom. The molecule has 0 heterocycles. The third kappa shape index (κ3) is 5.76. The van der Waals surface area contributed by atoms with E-state index in [4.69, 9.17) is 11.7 Å². The van der Waals surface area contributed by atoms with Gasteiger partial charge >= 0.3 is 0 Å². The standard InChI is InChI=1S/C8H14O2/c1-7(2)5-10-6-8(3)4-9/h3-4,7-8H,5-6H2,1-2H3/t8-/m1/s1. The van der Waals surface area contributed by atoms with Crippen molar-refractivity contribution in [3.63, 3.8) is 0 Å². The molecule has 0 bridgehead atoms. The van der Waals surface area contributed by atoms with Crippen molar-refractivity contribution in [3.8, 4) is 0 Å². The van der Waals surface area contributed by atoms with Gasteiger partial charge in [0.1, 0.15) is 6.29 Å². The first-order valence-electron chi connectivity index (χ1n) is 3.45. The number of hydrogen-bond acceptors (Lipinski definition) is 2. The fraction of sp³-hybridized carbons (Fsp3) is 0.750. The zero-order valence-electron chi connectivity index (χ0n) is 6.54. The van der Waals surface area contributed by atoms with Crippen LogP contribution >= 0.6 is 0 Å². The van der Waals surface area contributed by atoms with Gasteiger partial charge in [-0.25, -0.2) is 0 Å². The van der Waals surface area contributed by atoms with Crippen molar-refractivity contribution in [3.05, 3.63) is 6.92 Å². The lowest BCUT2D eigenvalue weighted by Gasteiger charge is -2.07. The minimum atomic E-state index is -0.459. The summed E-state index contributed by atoms with van der Waals surface area (Å²) < 4.78 is 5.09. The van der Waals surface area contributed by atoms with Gasteiger partial charge in [-0.15, -0.1) is 0 Å². The van der Waals surface area contributed by atoms with E-state index in [2.05, 4.69) is 0 Å². The fourth-order valence-electron chi connectivity index (χ4n) is 0.479. The van der Waals surface area contributed by atoms with Crippen LogP contribution in [-0.2, 0) is 9.53 Å². The number of carbonyl (C=O) groups is 1. The average Bonchev–Trinajstić information content (AvgIpc) is 1.87. The molecule has 0 unspecified atom stereocenters. The van der Waals surface area contributed by atoms with Crippen LogP contribution in [0, 0.1) is 18.8 Å². The maximum absolute atomic E-state index is 9.98. The lowest BCUT2D eigenvalue weighted by atomic mass is 10.2. The normalized spacial score (nSPS) is 13.6. The first-order valence-corrected chi connectivity index (χ1v) is 3.45. The van der Waals surface area contributed by atoms with Crippen molar-refractivity contribution in [1.82, 2.24) is 0 Å². The number of rotatable bonds is 5. The van der Waals surface area contributed by atoms with Crippen molar-refractivity contribution in [1.29, 1.82) is 0 Å². The summed E-state index contributed by atoms with van der Waals surface area (Å²) in [4.78, 5) is 9.98. The monoisotopic (exact) mass is 142 g/mol. The minimum absolute atomic E-state index is 0.335. The van der Waals surface area contributed by atoms with Crippen molar-refractivity contribution in [2.45, 2.75) is 13.8 Å². The quantitative estimate of drug-likeness (QED) is 0.539. The molecule has 0 N–H and O–H groups in total. The van der Waals surface area contributed by atoms with Gasteiger partial charge < -0.3 is 9.53 Å². The predicted molar refractivity (Wildman–Crippen MR) is 39.5 cm³/mol. The molecule has 0 aliphatic carbocycles. The molecule has 0 aliphatic rings. The average molecular weight is 142 g/mol. The van der Waals surface area contributed by atoms with Crippen molar-refractivity contribution in [2.75, 3.05) is 13.2 Å². The zero-order valence-corrected chi connectivity index (χ0v) is 6.54. The van der Waals surface area contributed by atoms with Crippen LogP contribution in [0.2, 0.25) is 0 Å². The molecule has 0 aliphatic heterocycles. The van der Waals surface area contributed by atoms with Gasteiger partial charge in [-0.1, -0.05) is 13.8 Å². The van der Waals surface area contributed by atoms with Gasteiger partial charge in [-0.05, 0) is 12.8 Å². The van der Waals surface area contributed by atoms with Crippen LogP contribution in [0.3, 0.4) is 0 Å². The second-order valence-corrected chi connectivity index (χ2v) is 2.73. The van der Waals surface area contributed by atoms with Gasteiger partial charge in [0.15, 0.2) is 0 Å². The summed E-state index contributed by atoms with van der Waals surface area (Å²) in [6.45, 7) is 10.4. The van der Waals surface area contributed by atoms with Gasteiger partial charge in [0.25, 0.3) is 0 Å². The molecule has 0 saturated carbocycles. The summed E-state index contributed by atoms with van der Waals surface area (Å²) in [5, 5.41) is 0. The second kappa shape index (κ2) is 5.42. The van der Waals surface area contributed by atoms with Crippen molar-refractivity contribution < 1.29 is 9.53 Å². The molecule has 0 rings (SSSR count). The Bertz CT molecular complexity index is 89.3. The highest BCUT2D eigenvalue weighted by Crippen LogP contribution is 1.95. The van der Waals surface area contributed by atoms with Gasteiger partial charge in [0, 0.05) is 12.5 Å². The Hall–Kier alpha value is -0.370. The van der Waals surface area contributed by atoms with Gasteiger partial charge in [0.2, 0.25) is 0 Å². The first-order chi connectivity index (χ1) is 4.66. The van der Waals surface area contributed by atoms with E-state index in [9.17, 15) is 4.79 Å². The van der Waals surface area contributed by atoms with Crippen molar-refractivity contribution in [2.24, 2.45) is 11.8 Å². The molecule has 0 fully saturated rings. The molecule has 2 heteroatoms. The predicted octanol–water partition coefficient (Wildman–Crippen LogP) is 1.19. The third-order valence-corrected chi connectivity index (χ3v) is 0.936. The van der Waals surface area contributed by atoms with E-state index < -0.39 is 5.92 Å². The lowest BCUT2D eigenvalue weighted by molar-refractivity contribution is -0.111. The number of hydrogen-bond donors (Lipinski definition) is 0. The third-order valence-electron chi connectivity index (χ3n) is 0.936. The van der Waals surface area contributed by atoms with Crippen LogP contribution in [0.25, 0.3) is 0 Å². The van der Waals surface area contributed by atoms with Crippen LogP contribution in [-0.4, -0.2) is 19.5 Å². The zero-order chi connectivity index (χ0) is 7.98. The largest absolute Gasteiger partial charge is 0.380 e. The maximum atomic E-state index is 9.98. The molecule has 2 nitrogen and oxygen atoms in total. The molecule has 1 atom stereocenters. The van der Waals surface area contributed by atoms with Gasteiger partial charge in [0.05, 0.1) is 6.61 Å². The summed E-state index contributed by atoms with van der Waals surface area (Å²) in [5.74, 6) is 0.0394. The molecule has 58 valence electrons.